The summed E-state index contributed by atoms with van der Waals surface area (Å²) >= 11 is 0. The molecule has 0 spiro atoms. The molecule has 0 heterocycles. The first-order valence-corrected chi connectivity index (χ1v) is 15.0. The van der Waals surface area contributed by atoms with Crippen molar-refractivity contribution >= 4 is 12.1 Å². The summed E-state index contributed by atoms with van der Waals surface area (Å²) in [7, 11) is 1.64. The Morgan fingerprint density at radius 3 is 2.61 bits per heavy atom. The first kappa shape index (κ1) is 27.6. The summed E-state index contributed by atoms with van der Waals surface area (Å²) in [5.74, 6) is 3.98. The van der Waals surface area contributed by atoms with Crippen molar-refractivity contribution in [2.45, 2.75) is 97.2 Å². The monoisotopic (exact) mass is 524 g/mol. The van der Waals surface area contributed by atoms with Crippen LogP contribution in [0, 0.1) is 46.3 Å². The average Bonchev–Trinajstić information content (AvgIpc) is 3.27. The molecular formula is C32H48N2O4. The van der Waals surface area contributed by atoms with E-state index in [2.05, 4.69) is 31.3 Å². The molecule has 6 nitrogen and oxygen atoms in total. The van der Waals surface area contributed by atoms with Crippen molar-refractivity contribution < 1.29 is 19.7 Å². The Kier molecular flexibility index (Phi) is 7.94. The van der Waals surface area contributed by atoms with Gasteiger partial charge in [-0.15, -0.1) is 0 Å². The van der Waals surface area contributed by atoms with E-state index in [4.69, 9.17) is 4.74 Å². The Morgan fingerprint density at radius 1 is 1.11 bits per heavy atom. The fraction of sp³-hybridized carbons (Fsp3) is 0.750. The molecule has 4 aliphatic rings. The maximum Gasteiger partial charge on any atom is 0.240 e. The second-order valence-electron chi connectivity index (χ2n) is 13.5. The molecule has 0 unspecified atom stereocenters. The van der Waals surface area contributed by atoms with Crippen molar-refractivity contribution in [1.82, 2.24) is 5.43 Å². The van der Waals surface area contributed by atoms with E-state index in [9.17, 15) is 15.0 Å². The number of hydrogen-bond acceptors (Lipinski definition) is 5. The van der Waals surface area contributed by atoms with Crippen LogP contribution in [0.2, 0.25) is 0 Å². The maximum absolute atomic E-state index is 12.5. The number of nitrogens with one attached hydrogen (secondary N) is 1. The zero-order chi connectivity index (χ0) is 27.1. The molecule has 6 heteroatoms. The van der Waals surface area contributed by atoms with Crippen molar-refractivity contribution in [2.75, 3.05) is 7.11 Å². The van der Waals surface area contributed by atoms with Crippen LogP contribution in [0.5, 0.6) is 5.75 Å². The van der Waals surface area contributed by atoms with E-state index in [1.165, 1.54) is 19.3 Å². The van der Waals surface area contributed by atoms with Crippen molar-refractivity contribution in [3.05, 3.63) is 29.8 Å². The number of rotatable bonds is 7. The number of amides is 1. The van der Waals surface area contributed by atoms with Gasteiger partial charge in [0.05, 0.1) is 25.5 Å². The highest BCUT2D eigenvalue weighted by molar-refractivity contribution is 5.82. The molecular weight excluding hydrogens is 476 g/mol. The van der Waals surface area contributed by atoms with Crippen molar-refractivity contribution in [2.24, 2.45) is 51.4 Å². The van der Waals surface area contributed by atoms with Crippen LogP contribution in [0.25, 0.3) is 0 Å². The number of aliphatic hydroxyl groups is 2. The van der Waals surface area contributed by atoms with E-state index in [1.807, 2.05) is 24.3 Å². The first-order valence-electron chi connectivity index (χ1n) is 15.0. The summed E-state index contributed by atoms with van der Waals surface area (Å²) in [5.41, 5.74) is 3.78. The molecule has 10 atom stereocenters. The summed E-state index contributed by atoms with van der Waals surface area (Å²) in [5, 5.41) is 26.2. The molecule has 0 bridgehead atoms. The molecule has 0 saturated heterocycles. The number of benzene rings is 1. The number of aliphatic hydroxyl groups excluding tert-OH is 2. The van der Waals surface area contributed by atoms with Gasteiger partial charge in [-0.25, -0.2) is 5.43 Å². The van der Waals surface area contributed by atoms with Gasteiger partial charge in [-0.05, 0) is 134 Å². The fourth-order valence-electron chi connectivity index (χ4n) is 9.64. The largest absolute Gasteiger partial charge is 0.497 e. The van der Waals surface area contributed by atoms with Crippen LogP contribution in [-0.4, -0.2) is 41.7 Å². The number of nitrogens with zero attached hydrogens (tertiary/aromatic N) is 1. The third kappa shape index (κ3) is 4.92. The van der Waals surface area contributed by atoms with Gasteiger partial charge in [0.25, 0.3) is 0 Å². The fourth-order valence-corrected chi connectivity index (χ4v) is 9.64. The average molecular weight is 525 g/mol. The molecule has 0 aliphatic heterocycles. The smallest absolute Gasteiger partial charge is 0.240 e. The van der Waals surface area contributed by atoms with Crippen LogP contribution in [0.15, 0.2) is 29.4 Å². The van der Waals surface area contributed by atoms with Crippen LogP contribution < -0.4 is 10.2 Å². The zero-order valence-corrected chi connectivity index (χ0v) is 23.7. The number of hydrogen-bond donors (Lipinski definition) is 3. The van der Waals surface area contributed by atoms with Crippen LogP contribution in [0.1, 0.15) is 90.5 Å². The topological polar surface area (TPSA) is 91.2 Å². The third-order valence-corrected chi connectivity index (χ3v) is 11.8. The molecule has 3 N–H and O–H groups in total. The van der Waals surface area contributed by atoms with Gasteiger partial charge in [-0.2, -0.15) is 5.10 Å². The number of methoxy groups -OCH3 is 1. The van der Waals surface area contributed by atoms with Crippen molar-refractivity contribution in [3.8, 4) is 5.75 Å². The third-order valence-electron chi connectivity index (χ3n) is 11.8. The highest BCUT2D eigenvalue weighted by Gasteiger charge is 2.63. The first-order chi connectivity index (χ1) is 18.2. The van der Waals surface area contributed by atoms with Crippen molar-refractivity contribution in [1.29, 1.82) is 0 Å². The predicted molar refractivity (Wildman–Crippen MR) is 150 cm³/mol. The standard InChI is InChI=1S/C32H48N2O4/c1-20(5-14-30(37)34-33-19-21-6-9-24(38-4)10-7-21)26-12-13-27-25-11-8-22-17-23(35)15-16-31(22,2)28(25)18-29(36)32(26,27)3/h6-7,9-10,19-20,22-23,25-29,35-36H,5,8,11-18H2,1-4H3,(H,34,37)/b33-19+/t20-,22-,23-,25+,26-,27+,28+,29+,31+,32-/m1/s1. The molecule has 0 radical (unpaired) electrons. The summed E-state index contributed by atoms with van der Waals surface area (Å²) in [6.07, 6.45) is 11.2. The lowest BCUT2D eigenvalue weighted by Gasteiger charge is -2.62. The van der Waals surface area contributed by atoms with E-state index in [-0.39, 0.29) is 28.9 Å². The lowest BCUT2D eigenvalue weighted by atomic mass is 9.43. The molecule has 1 aromatic carbocycles. The minimum absolute atomic E-state index is 0.0590. The van der Waals surface area contributed by atoms with E-state index < -0.39 is 0 Å². The predicted octanol–water partition coefficient (Wildman–Crippen LogP) is 5.55. The summed E-state index contributed by atoms with van der Waals surface area (Å²) in [6.45, 7) is 7.12. The van der Waals surface area contributed by atoms with Gasteiger partial charge in [0, 0.05) is 6.42 Å². The Bertz CT molecular complexity index is 1010. The van der Waals surface area contributed by atoms with Gasteiger partial charge in [0.1, 0.15) is 5.75 Å². The van der Waals surface area contributed by atoms with Crippen LogP contribution in [0.3, 0.4) is 0 Å². The van der Waals surface area contributed by atoms with E-state index in [0.29, 0.717) is 41.9 Å². The Balaban J connectivity index is 1.18. The zero-order valence-electron chi connectivity index (χ0n) is 23.7. The van der Waals surface area contributed by atoms with E-state index >= 15 is 0 Å². The molecule has 1 amide bonds. The van der Waals surface area contributed by atoms with Crippen molar-refractivity contribution in [3.63, 3.8) is 0 Å². The Morgan fingerprint density at radius 2 is 1.87 bits per heavy atom. The summed E-state index contributed by atoms with van der Waals surface area (Å²) in [4.78, 5) is 12.5. The van der Waals surface area contributed by atoms with Gasteiger partial charge in [0.2, 0.25) is 5.91 Å². The maximum atomic E-state index is 12.5. The lowest BCUT2D eigenvalue weighted by Crippen LogP contribution is -2.58. The minimum Gasteiger partial charge on any atom is -0.497 e. The van der Waals surface area contributed by atoms with Gasteiger partial charge >= 0.3 is 0 Å². The number of fused-ring (bicyclic) bond motifs is 5. The number of carbonyl (C=O) groups excluding carboxylic acids is 1. The molecule has 4 saturated carbocycles. The molecule has 210 valence electrons. The highest BCUT2D eigenvalue weighted by Crippen LogP contribution is 2.68. The summed E-state index contributed by atoms with van der Waals surface area (Å²) < 4.78 is 5.17. The molecule has 1 aromatic rings. The molecule has 4 fully saturated rings. The van der Waals surface area contributed by atoms with Crippen LogP contribution in [0.4, 0.5) is 0 Å². The van der Waals surface area contributed by atoms with Gasteiger partial charge in [-0.3, -0.25) is 4.79 Å². The Labute approximate surface area is 228 Å². The molecule has 38 heavy (non-hydrogen) atoms. The van der Waals surface area contributed by atoms with Crippen LogP contribution >= 0.6 is 0 Å². The second-order valence-corrected chi connectivity index (χ2v) is 13.5. The molecule has 5 rings (SSSR count). The van der Waals surface area contributed by atoms with Gasteiger partial charge in [-0.1, -0.05) is 20.8 Å². The second kappa shape index (κ2) is 10.9. The molecule has 0 aromatic heterocycles. The number of hydrazone groups is 1. The van der Waals surface area contributed by atoms with Gasteiger partial charge < -0.3 is 14.9 Å². The van der Waals surface area contributed by atoms with Crippen LogP contribution in [-0.2, 0) is 4.79 Å². The summed E-state index contributed by atoms with van der Waals surface area (Å²) in [6, 6.07) is 7.54. The minimum atomic E-state index is -0.283. The molecule has 4 aliphatic carbocycles. The SMILES string of the molecule is COc1ccc(/C=N/NC(=O)CC[C@@H](C)[C@H]2CC[C@H]3[C@@H]4CC[C@@H]5C[C@H](O)CC[C@]5(C)[C@H]4C[C@H](O)[C@]23C)cc1. The number of carbonyl (C=O) groups is 1. The van der Waals surface area contributed by atoms with E-state index in [0.717, 1.165) is 49.8 Å². The Hall–Kier alpha value is -1.92. The van der Waals surface area contributed by atoms with Gasteiger partial charge in [0.15, 0.2) is 0 Å². The normalized spacial score (nSPS) is 41.2. The number of ether oxygens (including phenoxy) is 1. The highest BCUT2D eigenvalue weighted by atomic mass is 16.5. The van der Waals surface area contributed by atoms with E-state index in [1.54, 1.807) is 13.3 Å². The lowest BCUT2D eigenvalue weighted by molar-refractivity contribution is -0.174. The quantitative estimate of drug-likeness (QED) is 0.322.